The van der Waals surface area contributed by atoms with Gasteiger partial charge in [-0.25, -0.2) is 8.42 Å². The van der Waals surface area contributed by atoms with Crippen molar-refractivity contribution in [2.24, 2.45) is 5.73 Å². The molecule has 0 aromatic carbocycles. The summed E-state index contributed by atoms with van der Waals surface area (Å²) in [7, 11) is -3.32. The van der Waals surface area contributed by atoms with Gasteiger partial charge in [0.15, 0.2) is 9.84 Å². The van der Waals surface area contributed by atoms with Crippen LogP contribution in [-0.2, 0) is 14.6 Å². The van der Waals surface area contributed by atoms with Crippen LogP contribution in [0.1, 0.15) is 23.3 Å². The number of hydrogen-bond acceptors (Lipinski definition) is 6. The zero-order valence-corrected chi connectivity index (χ0v) is 14.5. The predicted octanol–water partition coefficient (Wildman–Crippen LogP) is -0.977. The van der Waals surface area contributed by atoms with Gasteiger partial charge in [0.05, 0.1) is 29.1 Å². The van der Waals surface area contributed by atoms with Gasteiger partial charge in [-0.1, -0.05) is 6.07 Å². The molecule has 3 fully saturated rings. The fourth-order valence-corrected chi connectivity index (χ4v) is 5.71. The summed E-state index contributed by atoms with van der Waals surface area (Å²) in [4.78, 5) is 32.7. The monoisotopic (exact) mass is 364 g/mol. The van der Waals surface area contributed by atoms with Gasteiger partial charge in [0.25, 0.3) is 5.91 Å². The lowest BCUT2D eigenvalue weighted by Crippen LogP contribution is -2.64. The minimum Gasteiger partial charge on any atom is -0.333 e. The Kier molecular flexibility index (Phi) is 3.62. The van der Waals surface area contributed by atoms with Gasteiger partial charge >= 0.3 is 0 Å². The normalized spacial score (nSPS) is 29.2. The lowest BCUT2D eigenvalue weighted by molar-refractivity contribution is -0.138. The van der Waals surface area contributed by atoms with Gasteiger partial charge in [0.2, 0.25) is 5.91 Å². The van der Waals surface area contributed by atoms with Gasteiger partial charge in [-0.05, 0) is 25.0 Å². The first-order valence-corrected chi connectivity index (χ1v) is 10.2. The highest BCUT2D eigenvalue weighted by atomic mass is 32.2. The van der Waals surface area contributed by atoms with E-state index in [4.69, 9.17) is 5.73 Å². The standard InChI is InChI=1S/C16H20N4O4S/c17-16(4-5-16)15(22)20-8-7-19(12-9-25(23,24)10-13(12)20)14(21)11-3-1-2-6-18-11/h1-3,6,12-13H,4-5,7-10,17H2/t12-,13+/m1/s1. The molecule has 0 bridgehead atoms. The number of nitrogens with two attached hydrogens (primary N) is 1. The largest absolute Gasteiger partial charge is 0.333 e. The van der Waals surface area contributed by atoms with Crippen molar-refractivity contribution < 1.29 is 18.0 Å². The number of pyridine rings is 1. The molecule has 1 saturated carbocycles. The van der Waals surface area contributed by atoms with E-state index in [9.17, 15) is 18.0 Å². The lowest BCUT2D eigenvalue weighted by atomic mass is 10.0. The maximum Gasteiger partial charge on any atom is 0.272 e. The van der Waals surface area contributed by atoms with Crippen molar-refractivity contribution >= 4 is 21.7 Å². The molecule has 1 aromatic rings. The van der Waals surface area contributed by atoms with Crippen molar-refractivity contribution in [2.75, 3.05) is 24.6 Å². The molecule has 2 N–H and O–H groups in total. The molecule has 1 aliphatic carbocycles. The van der Waals surface area contributed by atoms with Crippen LogP contribution in [0.2, 0.25) is 0 Å². The Hall–Kier alpha value is -2.00. The molecule has 9 heteroatoms. The number of rotatable bonds is 2. The summed E-state index contributed by atoms with van der Waals surface area (Å²) in [5.41, 5.74) is 5.46. The SMILES string of the molecule is NC1(C(=O)N2CCN(C(=O)c3ccccn3)[C@@H]3CS(=O)(=O)C[C@@H]32)CC1. The van der Waals surface area contributed by atoms with E-state index in [1.54, 1.807) is 28.0 Å². The topological polar surface area (TPSA) is 114 Å². The van der Waals surface area contributed by atoms with Crippen molar-refractivity contribution in [1.82, 2.24) is 14.8 Å². The van der Waals surface area contributed by atoms with Crippen LogP contribution in [0.25, 0.3) is 0 Å². The Labute approximate surface area is 145 Å². The number of fused-ring (bicyclic) bond motifs is 1. The second-order valence-electron chi connectivity index (χ2n) is 7.08. The van der Waals surface area contributed by atoms with Crippen molar-refractivity contribution in [2.45, 2.75) is 30.5 Å². The number of amides is 2. The molecule has 0 unspecified atom stereocenters. The third-order valence-electron chi connectivity index (χ3n) is 5.30. The molecule has 2 saturated heterocycles. The first-order chi connectivity index (χ1) is 11.8. The number of carbonyl (C=O) groups excluding carboxylic acids is 2. The van der Waals surface area contributed by atoms with Gasteiger partial charge in [-0.2, -0.15) is 0 Å². The average molecular weight is 364 g/mol. The van der Waals surface area contributed by atoms with Crippen LogP contribution in [-0.4, -0.2) is 77.2 Å². The molecule has 2 aliphatic heterocycles. The highest BCUT2D eigenvalue weighted by molar-refractivity contribution is 7.91. The molecule has 2 amide bonds. The number of nitrogens with zero attached hydrogens (tertiary/aromatic N) is 3. The Morgan fingerprint density at radius 3 is 2.36 bits per heavy atom. The number of hydrogen-bond donors (Lipinski definition) is 1. The number of piperazine rings is 1. The molecule has 3 aliphatic rings. The van der Waals surface area contributed by atoms with Gasteiger partial charge in [-0.15, -0.1) is 0 Å². The lowest BCUT2D eigenvalue weighted by Gasteiger charge is -2.44. The quantitative estimate of drug-likeness (QED) is 0.722. The molecular weight excluding hydrogens is 344 g/mol. The molecular formula is C16H20N4O4S. The predicted molar refractivity (Wildman–Crippen MR) is 89.4 cm³/mol. The van der Waals surface area contributed by atoms with Crippen LogP contribution in [0.3, 0.4) is 0 Å². The highest BCUT2D eigenvalue weighted by Crippen LogP contribution is 2.37. The van der Waals surface area contributed by atoms with E-state index < -0.39 is 27.5 Å². The van der Waals surface area contributed by atoms with Crippen LogP contribution < -0.4 is 5.73 Å². The Balaban J connectivity index is 1.63. The van der Waals surface area contributed by atoms with Gasteiger partial charge in [0.1, 0.15) is 5.69 Å². The zero-order valence-electron chi connectivity index (χ0n) is 13.7. The van der Waals surface area contributed by atoms with Crippen molar-refractivity contribution in [1.29, 1.82) is 0 Å². The van der Waals surface area contributed by atoms with E-state index in [-0.39, 0.29) is 35.6 Å². The Bertz CT molecular complexity index is 822. The molecule has 8 nitrogen and oxygen atoms in total. The molecule has 4 rings (SSSR count). The van der Waals surface area contributed by atoms with E-state index in [2.05, 4.69) is 4.98 Å². The van der Waals surface area contributed by atoms with E-state index >= 15 is 0 Å². The molecule has 3 heterocycles. The number of carbonyl (C=O) groups is 2. The van der Waals surface area contributed by atoms with Crippen molar-refractivity contribution in [3.63, 3.8) is 0 Å². The number of aromatic nitrogens is 1. The van der Waals surface area contributed by atoms with Crippen LogP contribution in [0.15, 0.2) is 24.4 Å². The zero-order chi connectivity index (χ0) is 17.8. The summed E-state index contributed by atoms with van der Waals surface area (Å²) in [6.07, 6.45) is 2.78. The van der Waals surface area contributed by atoms with Gasteiger partial charge < -0.3 is 15.5 Å². The summed E-state index contributed by atoms with van der Waals surface area (Å²) in [6, 6.07) is 3.97. The smallest absolute Gasteiger partial charge is 0.272 e. The van der Waals surface area contributed by atoms with E-state index in [0.29, 0.717) is 19.4 Å². The molecule has 25 heavy (non-hydrogen) atoms. The third-order valence-corrected chi connectivity index (χ3v) is 7.00. The Morgan fingerprint density at radius 2 is 1.76 bits per heavy atom. The molecule has 0 radical (unpaired) electrons. The van der Waals surface area contributed by atoms with E-state index in [0.717, 1.165) is 0 Å². The first-order valence-electron chi connectivity index (χ1n) is 8.33. The molecule has 2 atom stereocenters. The van der Waals surface area contributed by atoms with Gasteiger partial charge in [-0.3, -0.25) is 14.6 Å². The molecule has 0 spiro atoms. The maximum atomic E-state index is 12.8. The average Bonchev–Trinajstić information content (AvgIpc) is 3.25. The second-order valence-corrected chi connectivity index (χ2v) is 9.23. The number of sulfone groups is 1. The summed E-state index contributed by atoms with van der Waals surface area (Å²) in [6.45, 7) is 0.584. The summed E-state index contributed by atoms with van der Waals surface area (Å²) in [5, 5.41) is 0. The second kappa shape index (κ2) is 5.50. The van der Waals surface area contributed by atoms with Crippen molar-refractivity contribution in [3.05, 3.63) is 30.1 Å². The van der Waals surface area contributed by atoms with Crippen LogP contribution in [0, 0.1) is 0 Å². The summed E-state index contributed by atoms with van der Waals surface area (Å²) >= 11 is 0. The fraction of sp³-hybridized carbons (Fsp3) is 0.562. The van der Waals surface area contributed by atoms with Gasteiger partial charge in [0, 0.05) is 19.3 Å². The maximum absolute atomic E-state index is 12.8. The highest BCUT2D eigenvalue weighted by Gasteiger charge is 2.55. The van der Waals surface area contributed by atoms with Crippen LogP contribution >= 0.6 is 0 Å². The Morgan fingerprint density at radius 1 is 1.12 bits per heavy atom. The first kappa shape index (κ1) is 16.5. The third kappa shape index (κ3) is 2.81. The summed E-state index contributed by atoms with van der Waals surface area (Å²) in [5.74, 6) is -0.735. The van der Waals surface area contributed by atoms with Crippen molar-refractivity contribution in [3.8, 4) is 0 Å². The van der Waals surface area contributed by atoms with Crippen LogP contribution in [0.5, 0.6) is 0 Å². The molecule has 134 valence electrons. The molecule has 1 aromatic heterocycles. The fourth-order valence-electron chi connectivity index (χ4n) is 3.73. The van der Waals surface area contributed by atoms with E-state index in [1.165, 1.54) is 6.20 Å². The summed E-state index contributed by atoms with van der Waals surface area (Å²) < 4.78 is 24.4. The van der Waals surface area contributed by atoms with Crippen LogP contribution in [0.4, 0.5) is 0 Å². The minimum absolute atomic E-state index is 0.120. The minimum atomic E-state index is -3.32. The van der Waals surface area contributed by atoms with E-state index in [1.807, 2.05) is 0 Å².